The molecule has 3 aromatic rings. The Kier molecular flexibility index (Phi) is 6.05. The van der Waals surface area contributed by atoms with E-state index in [9.17, 15) is 9.59 Å². The molecule has 0 saturated carbocycles. The number of carbonyl (C=O) groups excluding carboxylic acids is 1. The zero-order valence-electron chi connectivity index (χ0n) is 18.4. The van der Waals surface area contributed by atoms with Gasteiger partial charge in [0.05, 0.1) is 17.9 Å². The van der Waals surface area contributed by atoms with Gasteiger partial charge in [0.1, 0.15) is 10.9 Å². The Bertz CT molecular complexity index is 1190. The van der Waals surface area contributed by atoms with Crippen LogP contribution < -0.4 is 11.0 Å². The zero-order chi connectivity index (χ0) is 22.1. The fourth-order valence-corrected chi connectivity index (χ4v) is 5.32. The smallest absolute Gasteiger partial charge is 0.263 e. The molecule has 6 nitrogen and oxygen atoms in total. The summed E-state index contributed by atoms with van der Waals surface area (Å²) in [4.78, 5) is 32.3. The van der Waals surface area contributed by atoms with Gasteiger partial charge in [0.2, 0.25) is 0 Å². The maximum atomic E-state index is 13.2. The van der Waals surface area contributed by atoms with Crippen LogP contribution in [0.15, 0.2) is 40.5 Å². The van der Waals surface area contributed by atoms with Gasteiger partial charge in [-0.05, 0) is 54.7 Å². The summed E-state index contributed by atoms with van der Waals surface area (Å²) in [6.07, 6.45) is 6.07. The predicted octanol–water partition coefficient (Wildman–Crippen LogP) is 4.42. The van der Waals surface area contributed by atoms with E-state index in [4.69, 9.17) is 0 Å². The molecule has 0 bridgehead atoms. The average Bonchev–Trinajstić information content (AvgIpc) is 3.12. The first-order valence-electron chi connectivity index (χ1n) is 10.8. The highest BCUT2D eigenvalue weighted by atomic mass is 32.1. The molecule has 1 amide bonds. The van der Waals surface area contributed by atoms with Gasteiger partial charge in [-0.1, -0.05) is 45.0 Å². The Morgan fingerprint density at radius 1 is 1.29 bits per heavy atom. The number of aromatic nitrogens is 2. The number of nitrogens with zero attached hydrogens (tertiary/aromatic N) is 3. The number of hydrazone groups is 1. The van der Waals surface area contributed by atoms with Crippen molar-refractivity contribution in [1.82, 2.24) is 15.0 Å². The predicted molar refractivity (Wildman–Crippen MR) is 126 cm³/mol. The van der Waals surface area contributed by atoms with Crippen molar-refractivity contribution in [2.75, 3.05) is 0 Å². The second-order valence-corrected chi connectivity index (χ2v) is 9.80. The lowest BCUT2D eigenvalue weighted by Crippen LogP contribution is -2.34. The van der Waals surface area contributed by atoms with Crippen LogP contribution in [0.4, 0.5) is 0 Å². The minimum Gasteiger partial charge on any atom is -0.286 e. The van der Waals surface area contributed by atoms with Crippen LogP contribution in [0.25, 0.3) is 10.2 Å². The summed E-state index contributed by atoms with van der Waals surface area (Å²) < 4.78 is 1.41. The lowest BCUT2D eigenvalue weighted by Gasteiger charge is -2.18. The van der Waals surface area contributed by atoms with Crippen molar-refractivity contribution < 1.29 is 4.79 Å². The molecule has 2 aromatic heterocycles. The number of hydrogen-bond acceptors (Lipinski definition) is 5. The molecule has 0 saturated heterocycles. The van der Waals surface area contributed by atoms with Gasteiger partial charge in [-0.2, -0.15) is 5.10 Å². The van der Waals surface area contributed by atoms with Crippen LogP contribution in [0.2, 0.25) is 0 Å². The maximum absolute atomic E-state index is 13.2. The standard InChI is InChI=1S/C24H28N4O2S/c1-14(2)18-8-6-17(7-9-18)12-26-27-22(29)16(4)28-13-25-23-21(24(28)30)19-10-5-15(3)11-20(19)31-23/h6-9,12-16H,5,10-11H2,1-4H3,(H,27,29)/t15-,16-/m1/s1. The quantitative estimate of drug-likeness (QED) is 0.475. The van der Waals surface area contributed by atoms with E-state index in [0.717, 1.165) is 35.2 Å². The third-order valence-corrected chi connectivity index (χ3v) is 7.19. The number of rotatable bonds is 5. The number of nitrogens with one attached hydrogen (secondary N) is 1. The van der Waals surface area contributed by atoms with E-state index in [-0.39, 0.29) is 11.5 Å². The van der Waals surface area contributed by atoms with Crippen LogP contribution in [0.1, 0.15) is 67.6 Å². The van der Waals surface area contributed by atoms with E-state index in [1.807, 2.05) is 12.1 Å². The lowest BCUT2D eigenvalue weighted by molar-refractivity contribution is -0.123. The summed E-state index contributed by atoms with van der Waals surface area (Å²) in [6.45, 7) is 8.22. The molecule has 0 unspecified atom stereocenters. The van der Waals surface area contributed by atoms with Crippen LogP contribution in [-0.2, 0) is 17.6 Å². The maximum Gasteiger partial charge on any atom is 0.263 e. The monoisotopic (exact) mass is 436 g/mol. The van der Waals surface area contributed by atoms with E-state index in [0.29, 0.717) is 17.2 Å². The number of benzene rings is 1. The van der Waals surface area contributed by atoms with E-state index >= 15 is 0 Å². The zero-order valence-corrected chi connectivity index (χ0v) is 19.2. The molecule has 1 aliphatic rings. The molecule has 0 radical (unpaired) electrons. The Balaban J connectivity index is 1.51. The van der Waals surface area contributed by atoms with Crippen LogP contribution in [0.5, 0.6) is 0 Å². The van der Waals surface area contributed by atoms with Gasteiger partial charge >= 0.3 is 0 Å². The van der Waals surface area contributed by atoms with E-state index in [2.05, 4.69) is 48.4 Å². The number of fused-ring (bicyclic) bond motifs is 3. The van der Waals surface area contributed by atoms with Gasteiger partial charge in [0, 0.05) is 4.88 Å². The average molecular weight is 437 g/mol. The summed E-state index contributed by atoms with van der Waals surface area (Å²) in [5.74, 6) is 0.746. The van der Waals surface area contributed by atoms with Crippen molar-refractivity contribution in [3.05, 3.63) is 62.5 Å². The molecule has 1 aliphatic carbocycles. The van der Waals surface area contributed by atoms with E-state index in [1.54, 1.807) is 24.5 Å². The van der Waals surface area contributed by atoms with Crippen molar-refractivity contribution in [1.29, 1.82) is 0 Å². The van der Waals surface area contributed by atoms with Crippen LogP contribution in [0, 0.1) is 5.92 Å². The van der Waals surface area contributed by atoms with Crippen molar-refractivity contribution >= 4 is 33.7 Å². The molecule has 0 spiro atoms. The topological polar surface area (TPSA) is 76.3 Å². The third-order valence-electron chi connectivity index (χ3n) is 6.03. The molecule has 4 rings (SSSR count). The number of hydrogen-bond donors (Lipinski definition) is 1. The van der Waals surface area contributed by atoms with Crippen molar-refractivity contribution in [3.63, 3.8) is 0 Å². The molecular formula is C24H28N4O2S. The molecule has 0 aliphatic heterocycles. The number of amides is 1. The molecule has 7 heteroatoms. The highest BCUT2D eigenvalue weighted by Crippen LogP contribution is 2.35. The highest BCUT2D eigenvalue weighted by molar-refractivity contribution is 7.18. The highest BCUT2D eigenvalue weighted by Gasteiger charge is 2.25. The molecule has 1 N–H and O–H groups in total. The number of aryl methyl sites for hydroxylation is 1. The summed E-state index contributed by atoms with van der Waals surface area (Å²) in [5, 5.41) is 4.75. The van der Waals surface area contributed by atoms with Gasteiger partial charge in [-0.3, -0.25) is 14.2 Å². The van der Waals surface area contributed by atoms with E-state index in [1.165, 1.54) is 21.3 Å². The summed E-state index contributed by atoms with van der Waals surface area (Å²) in [6, 6.07) is 7.34. The number of thiophene rings is 1. The Morgan fingerprint density at radius 3 is 2.74 bits per heavy atom. The summed E-state index contributed by atoms with van der Waals surface area (Å²) in [5.41, 5.74) is 5.68. The van der Waals surface area contributed by atoms with Crippen molar-refractivity contribution in [3.8, 4) is 0 Å². The van der Waals surface area contributed by atoms with Gasteiger partial charge in [0.25, 0.3) is 11.5 Å². The summed E-state index contributed by atoms with van der Waals surface area (Å²) >= 11 is 1.61. The first-order valence-corrected chi connectivity index (χ1v) is 11.6. The molecular weight excluding hydrogens is 408 g/mol. The second-order valence-electron chi connectivity index (χ2n) is 8.72. The Hall–Kier alpha value is -2.80. The van der Waals surface area contributed by atoms with Crippen molar-refractivity contribution in [2.24, 2.45) is 11.0 Å². The van der Waals surface area contributed by atoms with Crippen LogP contribution in [-0.4, -0.2) is 21.7 Å². The summed E-state index contributed by atoms with van der Waals surface area (Å²) in [7, 11) is 0. The molecule has 0 fully saturated rings. The molecule has 162 valence electrons. The van der Waals surface area contributed by atoms with Gasteiger partial charge in [-0.25, -0.2) is 10.4 Å². The molecule has 31 heavy (non-hydrogen) atoms. The number of carbonyl (C=O) groups is 1. The van der Waals surface area contributed by atoms with Gasteiger partial charge in [0.15, 0.2) is 0 Å². The van der Waals surface area contributed by atoms with Gasteiger partial charge < -0.3 is 0 Å². The van der Waals surface area contributed by atoms with Gasteiger partial charge in [-0.15, -0.1) is 11.3 Å². The van der Waals surface area contributed by atoms with Crippen LogP contribution in [0.3, 0.4) is 0 Å². The lowest BCUT2D eigenvalue weighted by atomic mass is 9.89. The third kappa shape index (κ3) is 4.32. The molecule has 1 aromatic carbocycles. The van der Waals surface area contributed by atoms with Crippen molar-refractivity contribution in [2.45, 2.75) is 58.9 Å². The second kappa shape index (κ2) is 8.75. The normalized spacial score (nSPS) is 17.3. The largest absolute Gasteiger partial charge is 0.286 e. The Morgan fingerprint density at radius 2 is 2.03 bits per heavy atom. The fourth-order valence-electron chi connectivity index (χ4n) is 3.98. The Labute approximate surface area is 186 Å². The minimum atomic E-state index is -0.706. The molecule has 2 heterocycles. The minimum absolute atomic E-state index is 0.145. The van der Waals surface area contributed by atoms with Crippen LogP contribution >= 0.6 is 11.3 Å². The SMILES string of the molecule is CC(C)c1ccc(C=NNC(=O)[C@@H](C)n2cnc3sc4c(c3c2=O)CC[C@@H](C)C4)cc1. The fraction of sp³-hybridized carbons (Fsp3) is 0.417. The first-order chi connectivity index (χ1) is 14.8. The van der Waals surface area contributed by atoms with E-state index < -0.39 is 6.04 Å². The first kappa shape index (κ1) is 21.4. The molecule has 2 atom stereocenters.